The van der Waals surface area contributed by atoms with Crippen LogP contribution in [0.5, 0.6) is 11.8 Å². The smallest absolute Gasteiger partial charge is 0.240 e. The fraction of sp³-hybridized carbons (Fsp3) is 0.583. The molecule has 0 atom stereocenters. The maximum Gasteiger partial charge on any atom is 0.240 e. The summed E-state index contributed by atoms with van der Waals surface area (Å²) in [6.45, 7) is 7.47. The highest BCUT2D eigenvalue weighted by atomic mass is 16.5. The summed E-state index contributed by atoms with van der Waals surface area (Å²) in [5.74, 6) is 1.50. The van der Waals surface area contributed by atoms with Gasteiger partial charge in [-0.3, -0.25) is 0 Å². The molecule has 0 fully saturated rings. The van der Waals surface area contributed by atoms with E-state index in [1.165, 1.54) is 0 Å². The largest absolute Gasteiger partial charge is 0.477 e. The molecule has 0 aromatic carbocycles. The van der Waals surface area contributed by atoms with Gasteiger partial charge < -0.3 is 15.2 Å². The topological polar surface area (TPSA) is 57.4 Å². The Morgan fingerprint density at radius 2 is 2.06 bits per heavy atom. The average molecular weight is 224 g/mol. The third-order valence-electron chi connectivity index (χ3n) is 1.87. The van der Waals surface area contributed by atoms with E-state index in [4.69, 9.17) is 15.2 Å². The number of nitrogen functional groups attached to an aromatic ring is 1. The summed E-state index contributed by atoms with van der Waals surface area (Å²) in [7, 11) is 0. The molecule has 0 spiro atoms. The number of nitrogens with zero attached hydrogens (tertiary/aromatic N) is 1. The van der Waals surface area contributed by atoms with E-state index >= 15 is 0 Å². The molecule has 1 rings (SSSR count). The zero-order chi connectivity index (χ0) is 12.0. The van der Waals surface area contributed by atoms with Gasteiger partial charge in [-0.25, -0.2) is 0 Å². The van der Waals surface area contributed by atoms with Gasteiger partial charge in [0.2, 0.25) is 11.8 Å². The van der Waals surface area contributed by atoms with Crippen molar-refractivity contribution in [2.45, 2.75) is 27.2 Å². The first-order chi connectivity index (χ1) is 7.63. The highest BCUT2D eigenvalue weighted by Crippen LogP contribution is 2.22. The summed E-state index contributed by atoms with van der Waals surface area (Å²) in [6.07, 6.45) is 0.929. The van der Waals surface area contributed by atoms with Crippen LogP contribution in [0.15, 0.2) is 12.1 Å². The monoisotopic (exact) mass is 224 g/mol. The van der Waals surface area contributed by atoms with Gasteiger partial charge in [-0.1, -0.05) is 20.8 Å². The van der Waals surface area contributed by atoms with Gasteiger partial charge >= 0.3 is 0 Å². The van der Waals surface area contributed by atoms with E-state index in [1.54, 1.807) is 12.1 Å². The quantitative estimate of drug-likeness (QED) is 0.806. The zero-order valence-corrected chi connectivity index (χ0v) is 10.2. The van der Waals surface area contributed by atoms with Crippen LogP contribution in [-0.2, 0) is 0 Å². The Bertz CT molecular complexity index is 327. The highest BCUT2D eigenvalue weighted by molar-refractivity contribution is 5.49. The highest BCUT2D eigenvalue weighted by Gasteiger charge is 2.05. The summed E-state index contributed by atoms with van der Waals surface area (Å²) >= 11 is 0. The van der Waals surface area contributed by atoms with Crippen LogP contribution in [0.1, 0.15) is 27.2 Å². The van der Waals surface area contributed by atoms with Crippen LogP contribution in [0, 0.1) is 5.92 Å². The number of hydrogen-bond acceptors (Lipinski definition) is 4. The summed E-state index contributed by atoms with van der Waals surface area (Å²) in [6, 6.07) is 3.52. The van der Waals surface area contributed by atoms with Gasteiger partial charge in [0.05, 0.1) is 18.9 Å². The average Bonchev–Trinajstić information content (AvgIpc) is 2.26. The van der Waals surface area contributed by atoms with E-state index in [9.17, 15) is 0 Å². The van der Waals surface area contributed by atoms with Gasteiger partial charge in [0.15, 0.2) is 0 Å². The first-order valence-electron chi connectivity index (χ1n) is 5.65. The minimum absolute atomic E-state index is 0.461. The molecule has 1 heterocycles. The molecular weight excluding hydrogens is 204 g/mol. The molecule has 0 amide bonds. The molecule has 2 N–H and O–H groups in total. The molecule has 0 saturated carbocycles. The van der Waals surface area contributed by atoms with Crippen LogP contribution in [0.4, 0.5) is 5.69 Å². The van der Waals surface area contributed by atoms with E-state index in [0.717, 1.165) is 6.42 Å². The van der Waals surface area contributed by atoms with E-state index < -0.39 is 0 Å². The molecule has 0 aliphatic rings. The molecule has 4 nitrogen and oxygen atoms in total. The van der Waals surface area contributed by atoms with Crippen molar-refractivity contribution in [1.82, 2.24) is 4.98 Å². The minimum atomic E-state index is 0.461. The Kier molecular flexibility index (Phi) is 4.89. The number of anilines is 1. The Morgan fingerprint density at radius 1 is 1.31 bits per heavy atom. The molecule has 90 valence electrons. The van der Waals surface area contributed by atoms with Crippen molar-refractivity contribution in [3.8, 4) is 11.8 Å². The molecule has 0 aliphatic carbocycles. The van der Waals surface area contributed by atoms with Crippen molar-refractivity contribution in [3.63, 3.8) is 0 Å². The lowest BCUT2D eigenvalue weighted by atomic mass is 10.2. The Balaban J connectivity index is 2.65. The molecule has 0 aliphatic heterocycles. The predicted molar refractivity (Wildman–Crippen MR) is 64.8 cm³/mol. The van der Waals surface area contributed by atoms with Crippen LogP contribution < -0.4 is 15.2 Å². The van der Waals surface area contributed by atoms with Crippen LogP contribution >= 0.6 is 0 Å². The fourth-order valence-corrected chi connectivity index (χ4v) is 1.08. The maximum atomic E-state index is 5.74. The second-order valence-corrected chi connectivity index (χ2v) is 4.10. The second-order valence-electron chi connectivity index (χ2n) is 4.10. The molecule has 1 aromatic rings. The SMILES string of the molecule is CCCOc1nc(OCC(C)C)ccc1N. The summed E-state index contributed by atoms with van der Waals surface area (Å²) in [4.78, 5) is 4.21. The number of hydrogen-bond donors (Lipinski definition) is 1. The lowest BCUT2D eigenvalue weighted by molar-refractivity contribution is 0.252. The lowest BCUT2D eigenvalue weighted by Gasteiger charge is -2.11. The number of pyridine rings is 1. The Hall–Kier alpha value is -1.45. The van der Waals surface area contributed by atoms with Crippen molar-refractivity contribution in [2.24, 2.45) is 5.92 Å². The number of rotatable bonds is 6. The zero-order valence-electron chi connectivity index (χ0n) is 10.2. The lowest BCUT2D eigenvalue weighted by Crippen LogP contribution is -2.07. The second kappa shape index (κ2) is 6.20. The van der Waals surface area contributed by atoms with Crippen molar-refractivity contribution in [3.05, 3.63) is 12.1 Å². The first-order valence-corrected chi connectivity index (χ1v) is 5.65. The van der Waals surface area contributed by atoms with Gasteiger partial charge in [-0.15, -0.1) is 0 Å². The number of ether oxygens (including phenoxy) is 2. The van der Waals surface area contributed by atoms with E-state index in [-0.39, 0.29) is 0 Å². The Morgan fingerprint density at radius 3 is 2.69 bits per heavy atom. The van der Waals surface area contributed by atoms with E-state index in [1.807, 2.05) is 6.92 Å². The van der Waals surface area contributed by atoms with E-state index in [0.29, 0.717) is 36.6 Å². The molecule has 0 radical (unpaired) electrons. The summed E-state index contributed by atoms with van der Waals surface area (Å²) < 4.78 is 10.9. The third-order valence-corrected chi connectivity index (χ3v) is 1.87. The van der Waals surface area contributed by atoms with Crippen LogP contribution in [-0.4, -0.2) is 18.2 Å². The Labute approximate surface area is 96.8 Å². The number of nitrogens with two attached hydrogens (primary N) is 1. The normalized spacial score (nSPS) is 10.5. The summed E-state index contributed by atoms with van der Waals surface area (Å²) in [5, 5.41) is 0. The standard InChI is InChI=1S/C12H20N2O2/c1-4-7-15-12-10(13)5-6-11(14-12)16-8-9(2)3/h5-6,9H,4,7-8,13H2,1-3H3. The van der Waals surface area contributed by atoms with Crippen molar-refractivity contribution < 1.29 is 9.47 Å². The molecule has 16 heavy (non-hydrogen) atoms. The fourth-order valence-electron chi connectivity index (χ4n) is 1.08. The van der Waals surface area contributed by atoms with Crippen LogP contribution in [0.2, 0.25) is 0 Å². The van der Waals surface area contributed by atoms with Crippen molar-refractivity contribution in [2.75, 3.05) is 18.9 Å². The third kappa shape index (κ3) is 3.96. The first kappa shape index (κ1) is 12.6. The maximum absolute atomic E-state index is 5.74. The molecule has 0 saturated heterocycles. The van der Waals surface area contributed by atoms with Crippen molar-refractivity contribution in [1.29, 1.82) is 0 Å². The molecular formula is C12H20N2O2. The summed E-state index contributed by atoms with van der Waals surface area (Å²) in [5.41, 5.74) is 6.29. The molecule has 0 bridgehead atoms. The van der Waals surface area contributed by atoms with Gasteiger partial charge in [-0.2, -0.15) is 4.98 Å². The van der Waals surface area contributed by atoms with Gasteiger partial charge in [-0.05, 0) is 18.4 Å². The molecule has 1 aromatic heterocycles. The molecule has 0 unspecified atom stereocenters. The molecule has 4 heteroatoms. The number of aromatic nitrogens is 1. The van der Waals surface area contributed by atoms with Gasteiger partial charge in [0.25, 0.3) is 0 Å². The van der Waals surface area contributed by atoms with E-state index in [2.05, 4.69) is 18.8 Å². The van der Waals surface area contributed by atoms with Crippen LogP contribution in [0.25, 0.3) is 0 Å². The van der Waals surface area contributed by atoms with Gasteiger partial charge in [0.1, 0.15) is 0 Å². The minimum Gasteiger partial charge on any atom is -0.477 e. The van der Waals surface area contributed by atoms with Gasteiger partial charge in [0, 0.05) is 6.07 Å². The predicted octanol–water partition coefficient (Wildman–Crippen LogP) is 2.49. The van der Waals surface area contributed by atoms with Crippen LogP contribution in [0.3, 0.4) is 0 Å². The van der Waals surface area contributed by atoms with Crippen molar-refractivity contribution >= 4 is 5.69 Å².